The number of halogens is 2. The van der Waals surface area contributed by atoms with Crippen molar-refractivity contribution in [1.82, 2.24) is 15.0 Å². The predicted octanol–water partition coefficient (Wildman–Crippen LogP) is 1.58. The van der Waals surface area contributed by atoms with E-state index in [0.29, 0.717) is 13.1 Å². The fourth-order valence-electron chi connectivity index (χ4n) is 2.95. The number of anilines is 1. The van der Waals surface area contributed by atoms with Crippen LogP contribution in [0, 0.1) is 23.0 Å². The molecule has 3 rings (SSSR count). The monoisotopic (exact) mass is 319 g/mol. The zero-order valence-electron chi connectivity index (χ0n) is 12.7. The number of rotatable bonds is 3. The first-order valence-electron chi connectivity index (χ1n) is 7.06. The molecule has 1 aliphatic rings. The van der Waals surface area contributed by atoms with Crippen LogP contribution in [0.15, 0.2) is 18.3 Å². The van der Waals surface area contributed by atoms with Crippen LogP contribution in [0.1, 0.15) is 17.2 Å². The van der Waals surface area contributed by atoms with Gasteiger partial charge in [0, 0.05) is 33.4 Å². The van der Waals surface area contributed by atoms with E-state index in [-0.39, 0.29) is 23.3 Å². The molecule has 1 saturated heterocycles. The van der Waals surface area contributed by atoms with Crippen molar-refractivity contribution in [1.29, 1.82) is 5.26 Å². The van der Waals surface area contributed by atoms with Crippen molar-refractivity contribution in [2.45, 2.75) is 12.0 Å². The Hall–Kier alpha value is -2.53. The molecule has 2 aromatic rings. The molecule has 0 unspecified atom stereocenters. The first kappa shape index (κ1) is 15.4. The molecule has 23 heavy (non-hydrogen) atoms. The van der Waals surface area contributed by atoms with Crippen LogP contribution in [-0.2, 0) is 11.8 Å². The second-order valence-corrected chi connectivity index (χ2v) is 5.50. The van der Waals surface area contributed by atoms with Gasteiger partial charge in [-0.2, -0.15) is 5.26 Å². The smallest absolute Gasteiger partial charge is 0.150 e. The number of methoxy groups -OCH3 is 1. The molecule has 2 atom stereocenters. The van der Waals surface area contributed by atoms with Crippen LogP contribution in [0.3, 0.4) is 0 Å². The fourth-order valence-corrected chi connectivity index (χ4v) is 2.95. The minimum absolute atomic E-state index is 0.0447. The van der Waals surface area contributed by atoms with Gasteiger partial charge in [-0.15, -0.1) is 5.10 Å². The minimum Gasteiger partial charge on any atom is -0.379 e. The van der Waals surface area contributed by atoms with E-state index in [2.05, 4.69) is 10.3 Å². The maximum Gasteiger partial charge on any atom is 0.150 e. The highest BCUT2D eigenvalue weighted by Crippen LogP contribution is 2.34. The second-order valence-electron chi connectivity index (χ2n) is 5.50. The fraction of sp³-hybridized carbons (Fsp3) is 0.400. The molecule has 1 aromatic carbocycles. The molecule has 0 N–H and O–H groups in total. The Bertz CT molecular complexity index is 746. The Balaban J connectivity index is 1.93. The maximum absolute atomic E-state index is 14.2. The van der Waals surface area contributed by atoms with Gasteiger partial charge in [0.1, 0.15) is 5.69 Å². The first-order chi connectivity index (χ1) is 11.0. The molecule has 1 fully saturated rings. The molecule has 0 bridgehead atoms. The molecule has 0 amide bonds. The van der Waals surface area contributed by atoms with Gasteiger partial charge in [0.25, 0.3) is 0 Å². The zero-order valence-corrected chi connectivity index (χ0v) is 12.7. The van der Waals surface area contributed by atoms with E-state index < -0.39 is 11.6 Å². The molecule has 8 heteroatoms. The van der Waals surface area contributed by atoms with E-state index >= 15 is 0 Å². The molecule has 0 saturated carbocycles. The summed E-state index contributed by atoms with van der Waals surface area (Å²) in [7, 11) is 3.31. The molecule has 0 spiro atoms. The van der Waals surface area contributed by atoms with E-state index in [9.17, 15) is 8.78 Å². The highest BCUT2D eigenvalue weighted by atomic mass is 19.1. The summed E-state index contributed by atoms with van der Waals surface area (Å²) in [6, 6.07) is 3.81. The van der Waals surface area contributed by atoms with Gasteiger partial charge in [-0.1, -0.05) is 5.21 Å². The molecule has 1 aromatic heterocycles. The van der Waals surface area contributed by atoms with Crippen LogP contribution in [0.4, 0.5) is 14.5 Å². The first-order valence-corrected chi connectivity index (χ1v) is 7.06. The maximum atomic E-state index is 14.2. The van der Waals surface area contributed by atoms with Crippen LogP contribution in [0.2, 0.25) is 0 Å². The predicted molar refractivity (Wildman–Crippen MR) is 77.8 cm³/mol. The Morgan fingerprint density at radius 1 is 1.30 bits per heavy atom. The van der Waals surface area contributed by atoms with Gasteiger partial charge in [0.2, 0.25) is 0 Å². The van der Waals surface area contributed by atoms with Crippen molar-refractivity contribution in [2.75, 3.05) is 25.1 Å². The Morgan fingerprint density at radius 2 is 2.00 bits per heavy atom. The summed E-state index contributed by atoms with van der Waals surface area (Å²) >= 11 is 0. The van der Waals surface area contributed by atoms with Crippen LogP contribution < -0.4 is 4.90 Å². The van der Waals surface area contributed by atoms with Crippen molar-refractivity contribution >= 4 is 5.69 Å². The van der Waals surface area contributed by atoms with Crippen LogP contribution in [0.25, 0.3) is 0 Å². The van der Waals surface area contributed by atoms with Gasteiger partial charge in [-0.05, 0) is 12.1 Å². The van der Waals surface area contributed by atoms with E-state index in [4.69, 9.17) is 10.00 Å². The topological polar surface area (TPSA) is 67.0 Å². The summed E-state index contributed by atoms with van der Waals surface area (Å²) in [5, 5.41) is 16.7. The van der Waals surface area contributed by atoms with Crippen molar-refractivity contribution in [3.63, 3.8) is 0 Å². The summed E-state index contributed by atoms with van der Waals surface area (Å²) in [5.74, 6) is -1.64. The SMILES string of the molecule is CO[C@@H]1CN(c2c(F)cc(C#N)cc2F)C[C@H]1c1cn(C)nn1. The van der Waals surface area contributed by atoms with Crippen molar-refractivity contribution in [3.05, 3.63) is 41.2 Å². The molecular weight excluding hydrogens is 304 g/mol. The molecule has 2 heterocycles. The average molecular weight is 319 g/mol. The molecular formula is C15H15F2N5O. The Labute approximate surface area is 131 Å². The lowest BCUT2D eigenvalue weighted by atomic mass is 10.0. The van der Waals surface area contributed by atoms with Gasteiger partial charge in [0.05, 0.1) is 29.3 Å². The number of aromatic nitrogens is 3. The summed E-state index contributed by atoms with van der Waals surface area (Å²) < 4.78 is 35.4. The van der Waals surface area contributed by atoms with Crippen LogP contribution >= 0.6 is 0 Å². The summed E-state index contributed by atoms with van der Waals surface area (Å²) in [4.78, 5) is 1.58. The minimum atomic E-state index is -0.754. The average Bonchev–Trinajstić information content (AvgIpc) is 3.12. The van der Waals surface area contributed by atoms with Crippen molar-refractivity contribution in [3.8, 4) is 6.07 Å². The van der Waals surface area contributed by atoms with Gasteiger partial charge in [-0.3, -0.25) is 4.68 Å². The van der Waals surface area contributed by atoms with E-state index in [1.165, 1.54) is 0 Å². The van der Waals surface area contributed by atoms with E-state index in [1.807, 2.05) is 0 Å². The van der Waals surface area contributed by atoms with Crippen molar-refractivity contribution < 1.29 is 13.5 Å². The van der Waals surface area contributed by atoms with Gasteiger partial charge in [0.15, 0.2) is 11.6 Å². The normalized spacial score (nSPS) is 20.7. The number of nitriles is 1. The number of benzene rings is 1. The van der Waals surface area contributed by atoms with Crippen LogP contribution in [-0.4, -0.2) is 41.3 Å². The number of ether oxygens (including phenoxy) is 1. The third-order valence-corrected chi connectivity index (χ3v) is 4.03. The molecule has 1 aliphatic heterocycles. The van der Waals surface area contributed by atoms with E-state index in [0.717, 1.165) is 17.8 Å². The highest BCUT2D eigenvalue weighted by Gasteiger charge is 2.37. The number of aryl methyl sites for hydroxylation is 1. The highest BCUT2D eigenvalue weighted by molar-refractivity contribution is 5.54. The summed E-state index contributed by atoms with van der Waals surface area (Å²) in [6.45, 7) is 0.689. The largest absolute Gasteiger partial charge is 0.379 e. The zero-order chi connectivity index (χ0) is 16.6. The standard InChI is InChI=1S/C15H15F2N5O/c1-21-7-13(19-20-21)10-6-22(8-14(10)23-2)15-11(16)3-9(5-18)4-12(15)17/h3-4,7,10,14H,6,8H2,1-2H3/t10-,14+/m0/s1. The van der Waals surface area contributed by atoms with Gasteiger partial charge >= 0.3 is 0 Å². The van der Waals surface area contributed by atoms with Gasteiger partial charge < -0.3 is 9.64 Å². The number of nitrogens with zero attached hydrogens (tertiary/aromatic N) is 5. The van der Waals surface area contributed by atoms with Crippen molar-refractivity contribution in [2.24, 2.45) is 7.05 Å². The molecule has 0 aliphatic carbocycles. The Kier molecular flexibility index (Phi) is 3.96. The molecule has 0 radical (unpaired) electrons. The van der Waals surface area contributed by atoms with E-state index in [1.54, 1.807) is 36.0 Å². The molecule has 120 valence electrons. The lowest BCUT2D eigenvalue weighted by molar-refractivity contribution is 0.105. The number of hydrogen-bond acceptors (Lipinski definition) is 5. The van der Waals surface area contributed by atoms with Gasteiger partial charge in [-0.25, -0.2) is 8.78 Å². The Morgan fingerprint density at radius 3 is 2.52 bits per heavy atom. The summed E-state index contributed by atoms with van der Waals surface area (Å²) in [6.07, 6.45) is 1.52. The molecule has 6 nitrogen and oxygen atoms in total. The lowest BCUT2D eigenvalue weighted by Gasteiger charge is -2.19. The second kappa shape index (κ2) is 5.93. The quantitative estimate of drug-likeness (QED) is 0.859. The number of hydrogen-bond donors (Lipinski definition) is 0. The lowest BCUT2D eigenvalue weighted by Crippen LogP contribution is -2.24. The summed E-state index contributed by atoms with van der Waals surface area (Å²) in [5.41, 5.74) is 0.533. The van der Waals surface area contributed by atoms with Crippen LogP contribution in [0.5, 0.6) is 0 Å². The third-order valence-electron chi connectivity index (χ3n) is 4.03. The third kappa shape index (κ3) is 2.75.